The fourth-order valence-corrected chi connectivity index (χ4v) is 3.65. The van der Waals surface area contributed by atoms with E-state index >= 15 is 0 Å². The SMILES string of the molecule is CCOc1ccc(NC(=O)CN2N=N[C@@H]3C(=O)N(c4ccc(C)c(Cl)c4)C(=O)[C@H]32)cc1. The van der Waals surface area contributed by atoms with Gasteiger partial charge in [0.05, 0.1) is 12.3 Å². The van der Waals surface area contributed by atoms with Gasteiger partial charge in [0.2, 0.25) is 5.91 Å². The molecule has 0 aliphatic carbocycles. The highest BCUT2D eigenvalue weighted by atomic mass is 35.5. The van der Waals surface area contributed by atoms with Gasteiger partial charge in [-0.15, -0.1) is 0 Å². The molecule has 31 heavy (non-hydrogen) atoms. The van der Waals surface area contributed by atoms with Gasteiger partial charge >= 0.3 is 0 Å². The maximum Gasteiger partial charge on any atom is 0.263 e. The molecule has 0 radical (unpaired) electrons. The molecule has 160 valence electrons. The van der Waals surface area contributed by atoms with Crippen molar-refractivity contribution in [3.8, 4) is 5.75 Å². The van der Waals surface area contributed by atoms with Gasteiger partial charge < -0.3 is 10.1 Å². The Bertz CT molecular complexity index is 1070. The molecule has 0 bridgehead atoms. The minimum atomic E-state index is -0.981. The summed E-state index contributed by atoms with van der Waals surface area (Å²) in [5.74, 6) is -0.675. The molecule has 2 atom stereocenters. The third-order valence-electron chi connectivity index (χ3n) is 5.03. The number of hydrogen-bond donors (Lipinski definition) is 1. The normalized spacial score (nSPS) is 19.7. The molecule has 1 saturated heterocycles. The first-order valence-electron chi connectivity index (χ1n) is 9.73. The molecule has 2 aliphatic rings. The minimum Gasteiger partial charge on any atom is -0.494 e. The van der Waals surface area contributed by atoms with Gasteiger partial charge in [-0.2, -0.15) is 5.11 Å². The van der Waals surface area contributed by atoms with Gasteiger partial charge in [-0.3, -0.25) is 19.4 Å². The third kappa shape index (κ3) is 3.96. The summed E-state index contributed by atoms with van der Waals surface area (Å²) in [7, 11) is 0. The van der Waals surface area contributed by atoms with Crippen molar-refractivity contribution >= 4 is 40.7 Å². The monoisotopic (exact) mass is 441 g/mol. The Morgan fingerprint density at radius 1 is 1.16 bits per heavy atom. The van der Waals surface area contributed by atoms with Gasteiger partial charge in [-0.1, -0.05) is 22.9 Å². The molecule has 1 fully saturated rings. The number of hydrogen-bond acceptors (Lipinski definition) is 7. The van der Waals surface area contributed by atoms with Crippen LogP contribution in [0.5, 0.6) is 5.75 Å². The van der Waals surface area contributed by atoms with E-state index in [1.54, 1.807) is 42.5 Å². The zero-order valence-corrected chi connectivity index (χ0v) is 17.7. The molecule has 0 unspecified atom stereocenters. The van der Waals surface area contributed by atoms with Crippen LogP contribution in [0.1, 0.15) is 12.5 Å². The van der Waals surface area contributed by atoms with Crippen molar-refractivity contribution in [2.75, 3.05) is 23.4 Å². The highest BCUT2D eigenvalue weighted by Gasteiger charge is 2.55. The largest absolute Gasteiger partial charge is 0.494 e. The van der Waals surface area contributed by atoms with Gasteiger partial charge in [0.15, 0.2) is 12.1 Å². The number of rotatable bonds is 6. The molecule has 9 nitrogen and oxygen atoms in total. The summed E-state index contributed by atoms with van der Waals surface area (Å²) in [4.78, 5) is 39.3. The highest BCUT2D eigenvalue weighted by Crippen LogP contribution is 2.33. The number of fused-ring (bicyclic) bond motifs is 1. The first-order chi connectivity index (χ1) is 14.9. The quantitative estimate of drug-likeness (QED) is 0.694. The number of nitrogens with one attached hydrogen (secondary N) is 1. The zero-order valence-electron chi connectivity index (χ0n) is 16.9. The maximum atomic E-state index is 13.0. The molecule has 4 rings (SSSR count). The summed E-state index contributed by atoms with van der Waals surface area (Å²) >= 11 is 6.15. The van der Waals surface area contributed by atoms with E-state index in [1.165, 1.54) is 5.01 Å². The summed E-state index contributed by atoms with van der Waals surface area (Å²) in [6, 6.07) is 9.92. The molecular weight excluding hydrogens is 422 g/mol. The third-order valence-corrected chi connectivity index (χ3v) is 5.43. The van der Waals surface area contributed by atoms with Crippen LogP contribution in [0.15, 0.2) is 52.8 Å². The number of amides is 3. The predicted octanol–water partition coefficient (Wildman–Crippen LogP) is 2.98. The van der Waals surface area contributed by atoms with E-state index < -0.39 is 23.9 Å². The Morgan fingerprint density at radius 2 is 1.90 bits per heavy atom. The van der Waals surface area contributed by atoms with Crippen molar-refractivity contribution in [2.45, 2.75) is 25.9 Å². The lowest BCUT2D eigenvalue weighted by molar-refractivity contribution is -0.123. The summed E-state index contributed by atoms with van der Waals surface area (Å²) < 4.78 is 5.37. The number of imide groups is 1. The molecular formula is C21H20ClN5O4. The number of benzene rings is 2. The van der Waals surface area contributed by atoms with Crippen molar-refractivity contribution in [2.24, 2.45) is 10.3 Å². The first-order valence-corrected chi connectivity index (χ1v) is 10.1. The molecule has 0 aromatic heterocycles. The first kappa shape index (κ1) is 20.8. The van der Waals surface area contributed by atoms with Crippen molar-refractivity contribution < 1.29 is 19.1 Å². The molecule has 10 heteroatoms. The summed E-state index contributed by atoms with van der Waals surface area (Å²) in [5, 5.41) is 12.2. The Hall–Kier alpha value is -3.46. The Labute approximate surface area is 183 Å². The fourth-order valence-electron chi connectivity index (χ4n) is 3.48. The fraction of sp³-hybridized carbons (Fsp3) is 0.286. The second-order valence-corrected chi connectivity index (χ2v) is 7.55. The minimum absolute atomic E-state index is 0.223. The van der Waals surface area contributed by atoms with Gasteiger partial charge in [-0.05, 0) is 55.8 Å². The molecule has 0 spiro atoms. The van der Waals surface area contributed by atoms with E-state index in [1.807, 2.05) is 13.8 Å². The molecule has 3 amide bonds. The molecule has 2 aromatic rings. The van der Waals surface area contributed by atoms with Crippen LogP contribution in [0.2, 0.25) is 5.02 Å². The lowest BCUT2D eigenvalue weighted by atomic mass is 10.1. The number of halogens is 1. The van der Waals surface area contributed by atoms with E-state index in [9.17, 15) is 14.4 Å². The van der Waals surface area contributed by atoms with Crippen molar-refractivity contribution in [1.82, 2.24) is 5.01 Å². The second-order valence-electron chi connectivity index (χ2n) is 7.14. The summed E-state index contributed by atoms with van der Waals surface area (Å²) in [5.41, 5.74) is 1.77. The lowest BCUT2D eigenvalue weighted by Crippen LogP contribution is -2.43. The Kier molecular flexibility index (Phi) is 5.60. The van der Waals surface area contributed by atoms with Crippen LogP contribution in [-0.2, 0) is 14.4 Å². The topological polar surface area (TPSA) is 104 Å². The summed E-state index contributed by atoms with van der Waals surface area (Å²) in [6.45, 7) is 4.04. The van der Waals surface area contributed by atoms with Crippen molar-refractivity contribution in [1.29, 1.82) is 0 Å². The van der Waals surface area contributed by atoms with Crippen LogP contribution in [0.3, 0.4) is 0 Å². The smallest absolute Gasteiger partial charge is 0.263 e. The number of ether oxygens (including phenoxy) is 1. The van der Waals surface area contributed by atoms with Gasteiger partial charge in [-0.25, -0.2) is 4.90 Å². The summed E-state index contributed by atoms with van der Waals surface area (Å²) in [6.07, 6.45) is 0. The molecule has 2 aromatic carbocycles. The predicted molar refractivity (Wildman–Crippen MR) is 114 cm³/mol. The van der Waals surface area contributed by atoms with Gasteiger partial charge in [0.25, 0.3) is 11.8 Å². The number of nitrogens with zero attached hydrogens (tertiary/aromatic N) is 4. The standard InChI is InChI=1S/C21H20ClN5O4/c1-3-31-15-8-5-13(6-9-15)23-17(28)11-26-19-18(24-25-26)20(29)27(21(19)30)14-7-4-12(2)16(22)10-14/h4-10,18-19H,3,11H2,1-2H3,(H,23,28)/t18-,19-/m0/s1. The van der Waals surface area contributed by atoms with Crippen LogP contribution in [0.25, 0.3) is 0 Å². The van der Waals surface area contributed by atoms with Crippen molar-refractivity contribution in [3.05, 3.63) is 53.1 Å². The van der Waals surface area contributed by atoms with Crippen LogP contribution in [0.4, 0.5) is 11.4 Å². The van der Waals surface area contributed by atoms with Crippen LogP contribution >= 0.6 is 11.6 Å². The molecule has 0 saturated carbocycles. The van der Waals surface area contributed by atoms with Crippen LogP contribution in [-0.4, -0.2) is 48.0 Å². The highest BCUT2D eigenvalue weighted by molar-refractivity contribution is 6.32. The van der Waals surface area contributed by atoms with E-state index in [0.717, 1.165) is 10.5 Å². The Balaban J connectivity index is 1.45. The van der Waals surface area contributed by atoms with Crippen LogP contribution < -0.4 is 15.0 Å². The van der Waals surface area contributed by atoms with Crippen LogP contribution in [0, 0.1) is 6.92 Å². The van der Waals surface area contributed by atoms with E-state index in [0.29, 0.717) is 28.8 Å². The lowest BCUT2D eigenvalue weighted by Gasteiger charge is -2.20. The van der Waals surface area contributed by atoms with Crippen molar-refractivity contribution in [3.63, 3.8) is 0 Å². The van der Waals surface area contributed by atoms with E-state index in [2.05, 4.69) is 15.7 Å². The van der Waals surface area contributed by atoms with E-state index in [4.69, 9.17) is 16.3 Å². The molecule has 2 heterocycles. The average Bonchev–Trinajstić information content (AvgIpc) is 3.25. The number of carbonyl (C=O) groups excluding carboxylic acids is 3. The number of carbonyl (C=O) groups is 3. The van der Waals surface area contributed by atoms with E-state index in [-0.39, 0.29) is 12.5 Å². The number of anilines is 2. The number of aryl methyl sites for hydroxylation is 1. The zero-order chi connectivity index (χ0) is 22.1. The van der Waals surface area contributed by atoms with Gasteiger partial charge in [0, 0.05) is 10.7 Å². The molecule has 2 aliphatic heterocycles. The van der Waals surface area contributed by atoms with Gasteiger partial charge in [0.1, 0.15) is 12.3 Å². The average molecular weight is 442 g/mol. The second kappa shape index (κ2) is 8.35. The maximum absolute atomic E-state index is 13.0. The Morgan fingerprint density at radius 3 is 2.58 bits per heavy atom. The molecule has 1 N–H and O–H groups in total.